The van der Waals surface area contributed by atoms with Crippen LogP contribution in [0.1, 0.15) is 21.6 Å². The topological polar surface area (TPSA) is 72.3 Å². The molecule has 0 bridgehead atoms. The van der Waals surface area contributed by atoms with Crippen molar-refractivity contribution in [1.29, 1.82) is 0 Å². The average molecular weight is 341 g/mol. The fraction of sp³-hybridized carbons (Fsp3) is 0.154. The van der Waals surface area contributed by atoms with Gasteiger partial charge in [-0.3, -0.25) is 0 Å². The number of carboxylic acid groups (broad SMARTS) is 1. The van der Waals surface area contributed by atoms with Crippen LogP contribution >= 0.6 is 15.9 Å². The molecule has 20 heavy (non-hydrogen) atoms. The van der Waals surface area contributed by atoms with Crippen LogP contribution in [0, 0.1) is 19.7 Å². The second-order valence-electron chi connectivity index (χ2n) is 4.07. The first-order chi connectivity index (χ1) is 9.40. The van der Waals surface area contributed by atoms with E-state index in [1.807, 2.05) is 0 Å². The van der Waals surface area contributed by atoms with E-state index in [4.69, 9.17) is 4.74 Å². The zero-order valence-electron chi connectivity index (χ0n) is 10.6. The third kappa shape index (κ3) is 2.77. The molecule has 1 aromatic carbocycles. The van der Waals surface area contributed by atoms with E-state index in [0.29, 0.717) is 15.7 Å². The molecule has 0 aliphatic carbocycles. The molecule has 0 saturated carbocycles. The molecule has 0 atom stereocenters. The van der Waals surface area contributed by atoms with E-state index >= 15 is 0 Å². The van der Waals surface area contributed by atoms with Gasteiger partial charge in [0.15, 0.2) is 11.6 Å². The number of rotatable bonds is 3. The van der Waals surface area contributed by atoms with Crippen molar-refractivity contribution in [3.8, 4) is 11.6 Å². The lowest BCUT2D eigenvalue weighted by atomic mass is 10.1. The molecule has 2 aromatic rings. The Labute approximate surface area is 122 Å². The van der Waals surface area contributed by atoms with Gasteiger partial charge in [0, 0.05) is 4.47 Å². The minimum absolute atomic E-state index is 0.126. The Balaban J connectivity index is 2.51. The van der Waals surface area contributed by atoms with Crippen molar-refractivity contribution < 1.29 is 19.0 Å². The number of aromatic carboxylic acids is 1. The lowest BCUT2D eigenvalue weighted by Gasteiger charge is -2.11. The molecule has 1 aromatic heterocycles. The number of carbonyl (C=O) groups is 1. The summed E-state index contributed by atoms with van der Waals surface area (Å²) in [5.74, 6) is -2.19. The SMILES string of the molecule is Cc1nnc(Oc2cc(Br)ccc2F)c(C(=O)O)c1C. The molecule has 0 aliphatic heterocycles. The lowest BCUT2D eigenvalue weighted by Crippen LogP contribution is -2.08. The molecule has 0 aliphatic rings. The average Bonchev–Trinajstić information content (AvgIpc) is 2.38. The number of carboxylic acids is 1. The summed E-state index contributed by atoms with van der Waals surface area (Å²) in [5.41, 5.74) is 0.777. The predicted molar refractivity (Wildman–Crippen MR) is 72.6 cm³/mol. The van der Waals surface area contributed by atoms with Crippen LogP contribution in [-0.4, -0.2) is 21.3 Å². The first-order valence-electron chi connectivity index (χ1n) is 5.60. The molecular formula is C13H10BrFN2O3. The number of halogens is 2. The summed E-state index contributed by atoms with van der Waals surface area (Å²) < 4.78 is 19.5. The Kier molecular flexibility index (Phi) is 3.99. The van der Waals surface area contributed by atoms with Gasteiger partial charge in [-0.05, 0) is 37.6 Å². The van der Waals surface area contributed by atoms with Gasteiger partial charge in [0.05, 0.1) is 5.69 Å². The van der Waals surface area contributed by atoms with Crippen molar-refractivity contribution in [2.75, 3.05) is 0 Å². The summed E-state index contributed by atoms with van der Waals surface area (Å²) in [6, 6.07) is 4.10. The minimum atomic E-state index is -1.20. The highest BCUT2D eigenvalue weighted by Gasteiger charge is 2.20. The molecule has 0 unspecified atom stereocenters. The zero-order valence-corrected chi connectivity index (χ0v) is 12.2. The van der Waals surface area contributed by atoms with E-state index < -0.39 is 11.8 Å². The summed E-state index contributed by atoms with van der Waals surface area (Å²) in [4.78, 5) is 11.3. The molecule has 104 valence electrons. The van der Waals surface area contributed by atoms with Gasteiger partial charge in [0.2, 0.25) is 0 Å². The number of aromatic nitrogens is 2. The molecule has 0 radical (unpaired) electrons. The highest BCUT2D eigenvalue weighted by atomic mass is 79.9. The molecule has 1 N–H and O–H groups in total. The van der Waals surface area contributed by atoms with Gasteiger partial charge in [-0.1, -0.05) is 15.9 Å². The minimum Gasteiger partial charge on any atom is -0.477 e. The van der Waals surface area contributed by atoms with Gasteiger partial charge in [-0.2, -0.15) is 5.10 Å². The van der Waals surface area contributed by atoms with E-state index in [-0.39, 0.29) is 17.2 Å². The molecule has 5 nitrogen and oxygen atoms in total. The smallest absolute Gasteiger partial charge is 0.341 e. The number of benzene rings is 1. The Bertz CT molecular complexity index is 692. The summed E-state index contributed by atoms with van der Waals surface area (Å²) in [6.07, 6.45) is 0. The summed E-state index contributed by atoms with van der Waals surface area (Å²) in [5, 5.41) is 16.7. The third-order valence-corrected chi connectivity index (χ3v) is 3.23. The third-order valence-electron chi connectivity index (χ3n) is 2.74. The van der Waals surface area contributed by atoms with Crippen molar-refractivity contribution in [2.24, 2.45) is 0 Å². The Morgan fingerprint density at radius 1 is 1.35 bits per heavy atom. The molecule has 2 rings (SSSR count). The lowest BCUT2D eigenvalue weighted by molar-refractivity contribution is 0.0692. The van der Waals surface area contributed by atoms with Gasteiger partial charge in [-0.25, -0.2) is 9.18 Å². The number of hydrogen-bond donors (Lipinski definition) is 1. The number of ether oxygens (including phenoxy) is 1. The molecule has 0 fully saturated rings. The summed E-state index contributed by atoms with van der Waals surface area (Å²) in [6.45, 7) is 3.23. The second-order valence-corrected chi connectivity index (χ2v) is 4.99. The fourth-order valence-electron chi connectivity index (χ4n) is 1.57. The van der Waals surface area contributed by atoms with E-state index in [1.54, 1.807) is 13.8 Å². The van der Waals surface area contributed by atoms with Crippen LogP contribution in [0.5, 0.6) is 11.6 Å². The molecule has 7 heteroatoms. The van der Waals surface area contributed by atoms with Gasteiger partial charge in [-0.15, -0.1) is 5.10 Å². The molecule has 1 heterocycles. The van der Waals surface area contributed by atoms with Crippen molar-refractivity contribution in [1.82, 2.24) is 10.2 Å². The van der Waals surface area contributed by atoms with Crippen LogP contribution in [0.4, 0.5) is 4.39 Å². The van der Waals surface area contributed by atoms with E-state index in [1.165, 1.54) is 18.2 Å². The predicted octanol–water partition coefficient (Wildman–Crippen LogP) is 3.49. The maximum atomic E-state index is 13.6. The number of nitrogens with zero attached hydrogens (tertiary/aromatic N) is 2. The maximum Gasteiger partial charge on any atom is 0.341 e. The zero-order chi connectivity index (χ0) is 14.9. The quantitative estimate of drug-likeness (QED) is 0.925. The van der Waals surface area contributed by atoms with Gasteiger partial charge >= 0.3 is 5.97 Å². The Hall–Kier alpha value is -2.02. The van der Waals surface area contributed by atoms with Gasteiger partial charge < -0.3 is 9.84 Å². The fourth-order valence-corrected chi connectivity index (χ4v) is 1.91. The van der Waals surface area contributed by atoms with Crippen LogP contribution in [0.25, 0.3) is 0 Å². The molecule has 0 amide bonds. The van der Waals surface area contributed by atoms with Gasteiger partial charge in [0.25, 0.3) is 5.88 Å². The van der Waals surface area contributed by atoms with Crippen LogP contribution < -0.4 is 4.74 Å². The monoisotopic (exact) mass is 340 g/mol. The van der Waals surface area contributed by atoms with Crippen LogP contribution in [0.3, 0.4) is 0 Å². The van der Waals surface area contributed by atoms with Crippen LogP contribution in [0.2, 0.25) is 0 Å². The Morgan fingerprint density at radius 2 is 2.05 bits per heavy atom. The van der Waals surface area contributed by atoms with Crippen LogP contribution in [0.15, 0.2) is 22.7 Å². The highest BCUT2D eigenvalue weighted by molar-refractivity contribution is 9.10. The van der Waals surface area contributed by atoms with Crippen molar-refractivity contribution in [3.05, 3.63) is 45.3 Å². The molecular weight excluding hydrogens is 331 g/mol. The first kappa shape index (κ1) is 14.4. The molecule has 0 spiro atoms. The van der Waals surface area contributed by atoms with Crippen molar-refractivity contribution >= 4 is 21.9 Å². The first-order valence-corrected chi connectivity index (χ1v) is 6.39. The van der Waals surface area contributed by atoms with Gasteiger partial charge in [0.1, 0.15) is 5.56 Å². The number of hydrogen-bond acceptors (Lipinski definition) is 4. The highest BCUT2D eigenvalue weighted by Crippen LogP contribution is 2.29. The van der Waals surface area contributed by atoms with E-state index in [9.17, 15) is 14.3 Å². The molecule has 0 saturated heterocycles. The van der Waals surface area contributed by atoms with E-state index in [0.717, 1.165) is 0 Å². The van der Waals surface area contributed by atoms with E-state index in [2.05, 4.69) is 26.1 Å². The van der Waals surface area contributed by atoms with Crippen molar-refractivity contribution in [2.45, 2.75) is 13.8 Å². The second kappa shape index (κ2) is 5.54. The number of aryl methyl sites for hydroxylation is 1. The summed E-state index contributed by atoms with van der Waals surface area (Å²) in [7, 11) is 0. The summed E-state index contributed by atoms with van der Waals surface area (Å²) >= 11 is 3.18. The largest absolute Gasteiger partial charge is 0.477 e. The maximum absolute atomic E-state index is 13.6. The normalized spacial score (nSPS) is 10.4. The van der Waals surface area contributed by atoms with Crippen LogP contribution in [-0.2, 0) is 0 Å². The van der Waals surface area contributed by atoms with Crippen molar-refractivity contribution in [3.63, 3.8) is 0 Å². The standard InChI is InChI=1S/C13H10BrFN2O3/c1-6-7(2)16-17-12(11(6)13(18)19)20-10-5-8(14)3-4-9(10)15/h3-5H,1-2H3,(H,18,19). The Morgan fingerprint density at radius 3 is 2.70 bits per heavy atom.